The van der Waals surface area contributed by atoms with Crippen LogP contribution in [0.4, 0.5) is 5.82 Å². The van der Waals surface area contributed by atoms with Crippen molar-refractivity contribution in [1.29, 1.82) is 0 Å². The molecule has 0 fully saturated rings. The van der Waals surface area contributed by atoms with E-state index in [1.807, 2.05) is 30.3 Å². The Hall–Kier alpha value is -2.47. The van der Waals surface area contributed by atoms with Crippen LogP contribution in [0.15, 0.2) is 65.7 Å². The van der Waals surface area contributed by atoms with E-state index in [0.29, 0.717) is 11.5 Å². The quantitative estimate of drug-likeness (QED) is 0.794. The Bertz CT molecular complexity index is 753. The summed E-state index contributed by atoms with van der Waals surface area (Å²) >= 11 is 3.39. The molecular weight excluding hydrogens is 332 g/mol. The van der Waals surface area contributed by atoms with E-state index in [1.165, 1.54) is 0 Å². The number of benzene rings is 1. The van der Waals surface area contributed by atoms with Crippen molar-refractivity contribution in [2.24, 2.45) is 0 Å². The lowest BCUT2D eigenvalue weighted by atomic mass is 10.3. The van der Waals surface area contributed by atoms with Crippen molar-refractivity contribution in [3.05, 3.63) is 71.4 Å². The van der Waals surface area contributed by atoms with E-state index in [-0.39, 0.29) is 5.91 Å². The molecule has 104 valence electrons. The number of hydrogen-bond donors (Lipinski definition) is 1. The lowest BCUT2D eigenvalue weighted by Gasteiger charge is -2.02. The summed E-state index contributed by atoms with van der Waals surface area (Å²) < 4.78 is 2.79. The number of halogens is 1. The smallest absolute Gasteiger partial charge is 0.277 e. The zero-order chi connectivity index (χ0) is 14.7. The molecule has 6 heteroatoms. The molecular formula is C15H11BrN4O. The van der Waals surface area contributed by atoms with Gasteiger partial charge in [0.25, 0.3) is 5.91 Å². The van der Waals surface area contributed by atoms with Gasteiger partial charge in [-0.25, -0.2) is 9.97 Å². The Kier molecular flexibility index (Phi) is 3.79. The van der Waals surface area contributed by atoms with E-state index in [0.717, 1.165) is 10.2 Å². The number of aromatic nitrogens is 3. The van der Waals surface area contributed by atoms with Crippen molar-refractivity contribution in [3.63, 3.8) is 0 Å². The molecule has 0 unspecified atom stereocenters. The fourth-order valence-corrected chi connectivity index (χ4v) is 2.08. The lowest BCUT2D eigenvalue weighted by Crippen LogP contribution is -2.13. The number of carbonyl (C=O) groups excluding carboxylic acids is 1. The molecule has 2 heterocycles. The third-order valence-corrected chi connectivity index (χ3v) is 3.38. The topological polar surface area (TPSA) is 59.8 Å². The Morgan fingerprint density at radius 3 is 2.62 bits per heavy atom. The Morgan fingerprint density at radius 2 is 1.90 bits per heavy atom. The molecule has 0 bridgehead atoms. The van der Waals surface area contributed by atoms with Crippen molar-refractivity contribution in [1.82, 2.24) is 14.5 Å². The van der Waals surface area contributed by atoms with Crippen LogP contribution in [0.25, 0.3) is 5.69 Å². The average molecular weight is 343 g/mol. The van der Waals surface area contributed by atoms with Gasteiger partial charge in [-0.1, -0.05) is 22.0 Å². The molecule has 0 aliphatic rings. The van der Waals surface area contributed by atoms with E-state index in [9.17, 15) is 4.79 Å². The first-order chi connectivity index (χ1) is 10.2. The van der Waals surface area contributed by atoms with Gasteiger partial charge in [-0.3, -0.25) is 4.79 Å². The van der Waals surface area contributed by atoms with E-state index in [1.54, 1.807) is 35.4 Å². The van der Waals surface area contributed by atoms with Gasteiger partial charge in [0.2, 0.25) is 0 Å². The van der Waals surface area contributed by atoms with Crippen LogP contribution in [0, 0.1) is 0 Å². The summed E-state index contributed by atoms with van der Waals surface area (Å²) in [5, 5.41) is 2.70. The van der Waals surface area contributed by atoms with Crippen LogP contribution in [-0.4, -0.2) is 20.4 Å². The summed E-state index contributed by atoms with van der Waals surface area (Å²) in [4.78, 5) is 20.2. The molecule has 0 aliphatic heterocycles. The minimum Gasteiger partial charge on any atom is -0.305 e. The summed E-state index contributed by atoms with van der Waals surface area (Å²) in [5.41, 5.74) is 1.27. The van der Waals surface area contributed by atoms with Crippen molar-refractivity contribution in [3.8, 4) is 5.69 Å². The maximum absolute atomic E-state index is 12.1. The minimum atomic E-state index is -0.287. The molecule has 0 saturated heterocycles. The molecule has 0 atom stereocenters. The molecule has 0 aliphatic carbocycles. The normalized spacial score (nSPS) is 10.3. The highest BCUT2D eigenvalue weighted by atomic mass is 79.9. The third kappa shape index (κ3) is 3.17. The van der Waals surface area contributed by atoms with Gasteiger partial charge in [-0.15, -0.1) is 0 Å². The zero-order valence-corrected chi connectivity index (χ0v) is 12.5. The largest absolute Gasteiger partial charge is 0.305 e. The van der Waals surface area contributed by atoms with Crippen molar-refractivity contribution < 1.29 is 4.79 Å². The van der Waals surface area contributed by atoms with Crippen LogP contribution in [0.5, 0.6) is 0 Å². The van der Waals surface area contributed by atoms with Crippen LogP contribution >= 0.6 is 15.9 Å². The Morgan fingerprint density at radius 1 is 1.10 bits per heavy atom. The lowest BCUT2D eigenvalue weighted by molar-refractivity contribution is 0.102. The Labute approximate surface area is 129 Å². The predicted molar refractivity (Wildman–Crippen MR) is 83.5 cm³/mol. The summed E-state index contributed by atoms with van der Waals surface area (Å²) in [6.07, 6.45) is 4.91. The standard InChI is InChI=1S/C15H11BrN4O/c16-11-4-6-12(7-5-11)20-9-13(18-10-20)15(21)19-14-3-1-2-8-17-14/h1-10H,(H,17,19,21). The molecule has 1 aromatic carbocycles. The van der Waals surface area contributed by atoms with Gasteiger partial charge in [-0.2, -0.15) is 0 Å². The van der Waals surface area contributed by atoms with Gasteiger partial charge >= 0.3 is 0 Å². The van der Waals surface area contributed by atoms with Gasteiger partial charge in [0.1, 0.15) is 17.8 Å². The Balaban J connectivity index is 1.78. The van der Waals surface area contributed by atoms with Crippen LogP contribution in [-0.2, 0) is 0 Å². The molecule has 1 amide bonds. The zero-order valence-electron chi connectivity index (χ0n) is 10.9. The van der Waals surface area contributed by atoms with E-state index >= 15 is 0 Å². The average Bonchev–Trinajstić information content (AvgIpc) is 2.99. The first-order valence-corrected chi connectivity index (χ1v) is 7.04. The number of amides is 1. The molecule has 21 heavy (non-hydrogen) atoms. The monoisotopic (exact) mass is 342 g/mol. The highest BCUT2D eigenvalue weighted by Gasteiger charge is 2.10. The van der Waals surface area contributed by atoms with Gasteiger partial charge in [0.05, 0.1) is 0 Å². The molecule has 0 spiro atoms. The summed E-state index contributed by atoms with van der Waals surface area (Å²) in [6, 6.07) is 13.1. The number of carbonyl (C=O) groups is 1. The third-order valence-electron chi connectivity index (χ3n) is 2.85. The summed E-state index contributed by atoms with van der Waals surface area (Å²) in [7, 11) is 0. The van der Waals surface area contributed by atoms with E-state index in [2.05, 4.69) is 31.2 Å². The highest BCUT2D eigenvalue weighted by Crippen LogP contribution is 2.14. The van der Waals surface area contributed by atoms with Crippen LogP contribution < -0.4 is 5.32 Å². The first-order valence-electron chi connectivity index (χ1n) is 6.25. The van der Waals surface area contributed by atoms with Crippen molar-refractivity contribution in [2.75, 3.05) is 5.32 Å². The minimum absolute atomic E-state index is 0.287. The number of nitrogens with one attached hydrogen (secondary N) is 1. The molecule has 0 radical (unpaired) electrons. The fourth-order valence-electron chi connectivity index (χ4n) is 1.81. The summed E-state index contributed by atoms with van der Waals surface area (Å²) in [5.74, 6) is 0.213. The first kappa shape index (κ1) is 13.5. The molecule has 1 N–H and O–H groups in total. The summed E-state index contributed by atoms with van der Waals surface area (Å²) in [6.45, 7) is 0. The van der Waals surface area contributed by atoms with Crippen molar-refractivity contribution in [2.45, 2.75) is 0 Å². The molecule has 2 aromatic heterocycles. The van der Waals surface area contributed by atoms with Crippen molar-refractivity contribution >= 4 is 27.7 Å². The second kappa shape index (κ2) is 5.88. The predicted octanol–water partition coefficient (Wildman–Crippen LogP) is 3.28. The number of anilines is 1. The van der Waals surface area contributed by atoms with Gasteiger partial charge < -0.3 is 9.88 Å². The number of imidazole rings is 1. The number of pyridine rings is 1. The maximum Gasteiger partial charge on any atom is 0.277 e. The van der Waals surface area contributed by atoms with Crippen LogP contribution in [0.1, 0.15) is 10.5 Å². The second-order valence-corrected chi connectivity index (χ2v) is 5.23. The molecule has 5 nitrogen and oxygen atoms in total. The molecule has 0 saturated carbocycles. The second-order valence-electron chi connectivity index (χ2n) is 4.31. The van der Waals surface area contributed by atoms with Gasteiger partial charge in [-0.05, 0) is 36.4 Å². The van der Waals surface area contributed by atoms with Crippen LogP contribution in [0.3, 0.4) is 0 Å². The van der Waals surface area contributed by atoms with Gasteiger partial charge in [0.15, 0.2) is 0 Å². The van der Waals surface area contributed by atoms with E-state index in [4.69, 9.17) is 0 Å². The number of nitrogens with zero attached hydrogens (tertiary/aromatic N) is 3. The fraction of sp³-hybridized carbons (Fsp3) is 0. The SMILES string of the molecule is O=C(Nc1ccccn1)c1cn(-c2ccc(Br)cc2)cn1. The number of rotatable bonds is 3. The molecule has 3 aromatic rings. The van der Waals surface area contributed by atoms with Crippen LogP contribution in [0.2, 0.25) is 0 Å². The molecule has 3 rings (SSSR count). The number of hydrogen-bond acceptors (Lipinski definition) is 3. The highest BCUT2D eigenvalue weighted by molar-refractivity contribution is 9.10. The van der Waals surface area contributed by atoms with Gasteiger partial charge in [0, 0.05) is 22.6 Å². The maximum atomic E-state index is 12.1. The van der Waals surface area contributed by atoms with E-state index < -0.39 is 0 Å².